The molecule has 0 aliphatic heterocycles. The fourth-order valence-corrected chi connectivity index (χ4v) is 2.22. The van der Waals surface area contributed by atoms with E-state index in [0.29, 0.717) is 13.2 Å². The van der Waals surface area contributed by atoms with Crippen LogP contribution in [0.5, 0.6) is 11.5 Å². The third-order valence-electron chi connectivity index (χ3n) is 3.84. The number of aliphatic hydroxyl groups excluding tert-OH is 1. The zero-order valence-electron chi connectivity index (χ0n) is 14.7. The van der Waals surface area contributed by atoms with Gasteiger partial charge >= 0.3 is 0 Å². The number of aliphatic hydroxyl groups is 1. The molecule has 0 radical (unpaired) electrons. The lowest BCUT2D eigenvalue weighted by Gasteiger charge is -2.21. The van der Waals surface area contributed by atoms with Gasteiger partial charge in [-0.2, -0.15) is 0 Å². The van der Waals surface area contributed by atoms with Crippen molar-refractivity contribution in [3.05, 3.63) is 60.2 Å². The number of benzene rings is 2. The van der Waals surface area contributed by atoms with Crippen LogP contribution < -0.4 is 15.2 Å². The Hall–Kier alpha value is -1.75. The van der Waals surface area contributed by atoms with Crippen LogP contribution in [-0.2, 0) is 6.42 Å². The number of ether oxygens (including phenoxy) is 2. The number of hydrogen-bond donors (Lipinski definition) is 2. The van der Waals surface area contributed by atoms with Crippen molar-refractivity contribution in [2.75, 3.05) is 19.8 Å². The molecule has 0 aromatic heterocycles. The Bertz CT molecular complexity index is 588. The van der Waals surface area contributed by atoms with Crippen molar-refractivity contribution < 1.29 is 14.6 Å². The van der Waals surface area contributed by atoms with Gasteiger partial charge in [0.05, 0.1) is 19.8 Å². The Morgan fingerprint density at radius 1 is 0.920 bits per heavy atom. The first kappa shape index (κ1) is 21.3. The minimum atomic E-state index is -0.520. The van der Waals surface area contributed by atoms with Crippen molar-refractivity contribution in [3.8, 4) is 11.5 Å². The van der Waals surface area contributed by atoms with Crippen LogP contribution in [0.1, 0.15) is 25.3 Å². The van der Waals surface area contributed by atoms with Gasteiger partial charge in [-0.05, 0) is 49.6 Å². The molecule has 0 aliphatic rings. The Labute approximate surface area is 156 Å². The van der Waals surface area contributed by atoms with Crippen LogP contribution in [0.15, 0.2) is 54.6 Å². The predicted molar refractivity (Wildman–Crippen MR) is 104 cm³/mol. The molecular formula is C20H28ClNO3. The first-order chi connectivity index (χ1) is 11.6. The van der Waals surface area contributed by atoms with E-state index < -0.39 is 5.54 Å². The Kier molecular flexibility index (Phi) is 9.35. The van der Waals surface area contributed by atoms with E-state index in [2.05, 4.69) is 0 Å². The summed E-state index contributed by atoms with van der Waals surface area (Å²) >= 11 is 0. The summed E-state index contributed by atoms with van der Waals surface area (Å²) in [6, 6.07) is 17.8. The first-order valence-electron chi connectivity index (χ1n) is 8.38. The molecule has 1 atom stereocenters. The highest BCUT2D eigenvalue weighted by atomic mass is 35.5. The van der Waals surface area contributed by atoms with E-state index in [1.807, 2.05) is 61.5 Å². The van der Waals surface area contributed by atoms with E-state index in [0.717, 1.165) is 30.8 Å². The fraction of sp³-hybridized carbons (Fsp3) is 0.400. The minimum Gasteiger partial charge on any atom is -0.493 e. The number of hydrogen-bond acceptors (Lipinski definition) is 4. The van der Waals surface area contributed by atoms with Crippen LogP contribution >= 0.6 is 12.4 Å². The van der Waals surface area contributed by atoms with Gasteiger partial charge in [-0.1, -0.05) is 30.3 Å². The van der Waals surface area contributed by atoms with E-state index in [1.54, 1.807) is 0 Å². The highest BCUT2D eigenvalue weighted by Gasteiger charge is 2.16. The van der Waals surface area contributed by atoms with Crippen LogP contribution in [0, 0.1) is 0 Å². The minimum absolute atomic E-state index is 0. The topological polar surface area (TPSA) is 64.7 Å². The van der Waals surface area contributed by atoms with Crippen LogP contribution in [-0.4, -0.2) is 30.5 Å². The Morgan fingerprint density at radius 3 is 2.04 bits per heavy atom. The number of halogens is 1. The summed E-state index contributed by atoms with van der Waals surface area (Å²) in [6.07, 6.45) is 2.43. The molecule has 0 saturated heterocycles. The standard InChI is InChI=1S/C20H27NO3.ClH/c1-20(21,16-22)13-12-17-8-10-19(11-9-17)24-15-5-14-23-18-6-3-2-4-7-18;/h2-4,6-11,22H,5,12-16,21H2,1H3;1H. The Morgan fingerprint density at radius 2 is 1.48 bits per heavy atom. The van der Waals surface area contributed by atoms with Gasteiger partial charge in [-0.15, -0.1) is 12.4 Å². The zero-order valence-corrected chi connectivity index (χ0v) is 15.5. The van der Waals surface area contributed by atoms with Gasteiger partial charge in [-0.3, -0.25) is 0 Å². The average molecular weight is 366 g/mol. The van der Waals surface area contributed by atoms with Gasteiger partial charge in [0.2, 0.25) is 0 Å². The molecule has 5 heteroatoms. The lowest BCUT2D eigenvalue weighted by molar-refractivity contribution is 0.200. The number of para-hydroxylation sites is 1. The summed E-state index contributed by atoms with van der Waals surface area (Å²) in [7, 11) is 0. The predicted octanol–water partition coefficient (Wildman–Crippen LogP) is 3.60. The smallest absolute Gasteiger partial charge is 0.119 e. The summed E-state index contributed by atoms with van der Waals surface area (Å²) < 4.78 is 11.3. The van der Waals surface area contributed by atoms with Crippen LogP contribution in [0.3, 0.4) is 0 Å². The van der Waals surface area contributed by atoms with Crippen LogP contribution in [0.2, 0.25) is 0 Å². The second-order valence-corrected chi connectivity index (χ2v) is 6.32. The maximum absolute atomic E-state index is 9.17. The third-order valence-corrected chi connectivity index (χ3v) is 3.84. The second kappa shape index (κ2) is 11.0. The fourth-order valence-electron chi connectivity index (χ4n) is 2.22. The summed E-state index contributed by atoms with van der Waals surface area (Å²) in [5.74, 6) is 1.74. The van der Waals surface area contributed by atoms with Gasteiger partial charge in [0.1, 0.15) is 11.5 Å². The molecule has 138 valence electrons. The normalized spacial score (nSPS) is 12.8. The second-order valence-electron chi connectivity index (χ2n) is 6.32. The highest BCUT2D eigenvalue weighted by molar-refractivity contribution is 5.85. The number of aryl methyl sites for hydroxylation is 1. The van der Waals surface area contributed by atoms with E-state index >= 15 is 0 Å². The SMILES string of the molecule is CC(N)(CO)CCc1ccc(OCCCOc2ccccc2)cc1.Cl. The summed E-state index contributed by atoms with van der Waals surface area (Å²) in [4.78, 5) is 0. The van der Waals surface area contributed by atoms with Gasteiger partial charge in [0.15, 0.2) is 0 Å². The van der Waals surface area contributed by atoms with Gasteiger partial charge < -0.3 is 20.3 Å². The van der Waals surface area contributed by atoms with Crippen molar-refractivity contribution in [2.24, 2.45) is 5.73 Å². The van der Waals surface area contributed by atoms with Crippen molar-refractivity contribution in [3.63, 3.8) is 0 Å². The van der Waals surface area contributed by atoms with Crippen molar-refractivity contribution in [2.45, 2.75) is 31.7 Å². The van der Waals surface area contributed by atoms with Crippen LogP contribution in [0.25, 0.3) is 0 Å². The summed E-state index contributed by atoms with van der Waals surface area (Å²) in [5, 5.41) is 9.17. The van der Waals surface area contributed by atoms with Gasteiger partial charge in [0.25, 0.3) is 0 Å². The van der Waals surface area contributed by atoms with E-state index in [4.69, 9.17) is 15.2 Å². The molecule has 25 heavy (non-hydrogen) atoms. The molecule has 2 aromatic carbocycles. The average Bonchev–Trinajstić information content (AvgIpc) is 2.62. The molecule has 0 amide bonds. The first-order valence-corrected chi connectivity index (χ1v) is 8.38. The van der Waals surface area contributed by atoms with E-state index in [-0.39, 0.29) is 19.0 Å². The molecule has 0 spiro atoms. The van der Waals surface area contributed by atoms with Gasteiger partial charge in [-0.25, -0.2) is 0 Å². The molecule has 1 unspecified atom stereocenters. The molecule has 4 nitrogen and oxygen atoms in total. The molecule has 0 aliphatic carbocycles. The third kappa shape index (κ3) is 8.25. The maximum Gasteiger partial charge on any atom is 0.119 e. The lowest BCUT2D eigenvalue weighted by atomic mass is 9.95. The van der Waals surface area contributed by atoms with Crippen molar-refractivity contribution in [1.29, 1.82) is 0 Å². The molecule has 0 bridgehead atoms. The number of nitrogens with two attached hydrogens (primary N) is 1. The molecule has 3 N–H and O–H groups in total. The molecule has 0 fully saturated rings. The quantitative estimate of drug-likeness (QED) is 0.631. The maximum atomic E-state index is 9.17. The van der Waals surface area contributed by atoms with Crippen molar-refractivity contribution in [1.82, 2.24) is 0 Å². The van der Waals surface area contributed by atoms with Gasteiger partial charge in [0, 0.05) is 12.0 Å². The Balaban J connectivity index is 0.00000312. The molecular weight excluding hydrogens is 338 g/mol. The lowest BCUT2D eigenvalue weighted by Crippen LogP contribution is -2.40. The van der Waals surface area contributed by atoms with Crippen LogP contribution in [0.4, 0.5) is 0 Å². The molecule has 2 rings (SSSR count). The van der Waals surface area contributed by atoms with E-state index in [1.165, 1.54) is 5.56 Å². The zero-order chi connectivity index (χ0) is 17.3. The monoisotopic (exact) mass is 365 g/mol. The summed E-state index contributed by atoms with van der Waals surface area (Å²) in [5.41, 5.74) is 6.62. The van der Waals surface area contributed by atoms with E-state index in [9.17, 15) is 5.11 Å². The largest absolute Gasteiger partial charge is 0.493 e. The summed E-state index contributed by atoms with van der Waals surface area (Å²) in [6.45, 7) is 3.12. The molecule has 0 saturated carbocycles. The molecule has 2 aromatic rings. The number of rotatable bonds is 10. The highest BCUT2D eigenvalue weighted by Crippen LogP contribution is 2.16. The van der Waals surface area contributed by atoms with Crippen molar-refractivity contribution >= 4 is 12.4 Å². The molecule has 0 heterocycles.